The van der Waals surface area contributed by atoms with Crippen LogP contribution in [0.15, 0.2) is 59.5 Å². The minimum atomic E-state index is -1.41. The van der Waals surface area contributed by atoms with Crippen molar-refractivity contribution in [2.24, 2.45) is 0 Å². The van der Waals surface area contributed by atoms with E-state index in [1.54, 1.807) is 6.92 Å². The van der Waals surface area contributed by atoms with E-state index in [1.807, 2.05) is 25.2 Å². The molecule has 0 saturated carbocycles. The maximum absolute atomic E-state index is 15.4. The molecule has 0 amide bonds. The number of carboxylic acid groups (broad SMARTS) is 1. The number of aromatic carboxylic acids is 1. The molecule has 4 aromatic rings. The minimum Gasteiger partial charge on any atom is -0.477 e. The highest BCUT2D eigenvalue weighted by atomic mass is 19.1. The van der Waals surface area contributed by atoms with Gasteiger partial charge < -0.3 is 9.67 Å². The van der Waals surface area contributed by atoms with Crippen LogP contribution in [0, 0.1) is 18.6 Å². The first-order valence-corrected chi connectivity index (χ1v) is 10.4. The van der Waals surface area contributed by atoms with Crippen molar-refractivity contribution in [2.45, 2.75) is 20.0 Å². The molecule has 0 atom stereocenters. The molecule has 0 radical (unpaired) electrons. The zero-order valence-electron chi connectivity index (χ0n) is 18.0. The summed E-state index contributed by atoms with van der Waals surface area (Å²) in [5.41, 5.74) is 3.42. The Morgan fingerprint density at radius 2 is 1.70 bits per heavy atom. The quantitative estimate of drug-likeness (QED) is 0.487. The first-order valence-electron chi connectivity index (χ1n) is 10.4. The third kappa shape index (κ3) is 3.41. The molecular weight excluding hydrogens is 426 g/mol. The molecule has 1 aromatic heterocycles. The van der Waals surface area contributed by atoms with Crippen LogP contribution in [0.25, 0.3) is 27.7 Å². The molecule has 5 rings (SSSR count). The van der Waals surface area contributed by atoms with E-state index in [-0.39, 0.29) is 5.39 Å². The SMILES string of the molecule is Cc1c(-c2ccc3c(c2)CN(C)C3)c(F)cc2c(=O)c(C(=O)O)cn(-c3ccc(F)cc3)c12. The van der Waals surface area contributed by atoms with E-state index < -0.39 is 28.6 Å². The largest absolute Gasteiger partial charge is 0.477 e. The molecule has 1 aliphatic rings. The zero-order valence-corrected chi connectivity index (χ0v) is 18.0. The first kappa shape index (κ1) is 21.0. The molecular formula is C26H20F2N2O3. The fraction of sp³-hybridized carbons (Fsp3) is 0.154. The second-order valence-electron chi connectivity index (χ2n) is 8.43. The lowest BCUT2D eigenvalue weighted by molar-refractivity contribution is 0.0695. The van der Waals surface area contributed by atoms with Gasteiger partial charge in [-0.3, -0.25) is 9.69 Å². The van der Waals surface area contributed by atoms with Gasteiger partial charge >= 0.3 is 5.97 Å². The summed E-state index contributed by atoms with van der Waals surface area (Å²) in [4.78, 5) is 26.8. The molecule has 33 heavy (non-hydrogen) atoms. The van der Waals surface area contributed by atoms with E-state index in [1.165, 1.54) is 40.6 Å². The van der Waals surface area contributed by atoms with E-state index in [2.05, 4.69) is 4.90 Å². The summed E-state index contributed by atoms with van der Waals surface area (Å²) in [5, 5.41) is 9.51. The predicted molar refractivity (Wildman–Crippen MR) is 122 cm³/mol. The van der Waals surface area contributed by atoms with Crippen LogP contribution in [-0.4, -0.2) is 27.6 Å². The summed E-state index contributed by atoms with van der Waals surface area (Å²) in [6.07, 6.45) is 1.21. The molecule has 2 heterocycles. The molecule has 166 valence electrons. The van der Waals surface area contributed by atoms with Crippen molar-refractivity contribution in [3.63, 3.8) is 0 Å². The van der Waals surface area contributed by atoms with Crippen LogP contribution >= 0.6 is 0 Å². The van der Waals surface area contributed by atoms with Gasteiger partial charge in [0.15, 0.2) is 0 Å². The summed E-state index contributed by atoms with van der Waals surface area (Å²) in [6.45, 7) is 3.30. The lowest BCUT2D eigenvalue weighted by Gasteiger charge is -2.18. The molecule has 0 unspecified atom stereocenters. The standard InChI is InChI=1S/C26H20F2N2O3/c1-14-23(15-3-4-16-11-29(2)12-17(16)9-15)22(28)10-20-24(14)30(13-21(25(20)31)26(32)33)19-7-5-18(27)6-8-19/h3-10,13H,11-12H2,1-2H3,(H,32,33). The van der Waals surface area contributed by atoms with Crippen molar-refractivity contribution < 1.29 is 18.7 Å². The lowest BCUT2D eigenvalue weighted by atomic mass is 9.94. The number of carboxylic acids is 1. The van der Waals surface area contributed by atoms with E-state index in [0.717, 1.165) is 24.7 Å². The van der Waals surface area contributed by atoms with Gasteiger partial charge in [0, 0.05) is 30.5 Å². The predicted octanol–water partition coefficient (Wildman–Crippen LogP) is 4.89. The Bertz CT molecular complexity index is 1510. The second-order valence-corrected chi connectivity index (χ2v) is 8.43. The lowest BCUT2D eigenvalue weighted by Crippen LogP contribution is -2.19. The second kappa shape index (κ2) is 7.64. The number of fused-ring (bicyclic) bond motifs is 2. The molecule has 0 saturated heterocycles. The highest BCUT2D eigenvalue weighted by molar-refractivity contribution is 5.96. The van der Waals surface area contributed by atoms with Gasteiger partial charge in [-0.1, -0.05) is 12.1 Å². The van der Waals surface area contributed by atoms with Crippen LogP contribution in [0.2, 0.25) is 0 Å². The van der Waals surface area contributed by atoms with Crippen LogP contribution in [0.5, 0.6) is 0 Å². The Morgan fingerprint density at radius 3 is 2.39 bits per heavy atom. The van der Waals surface area contributed by atoms with Gasteiger partial charge in [0.25, 0.3) is 0 Å². The molecule has 1 N–H and O–H groups in total. The van der Waals surface area contributed by atoms with E-state index in [9.17, 15) is 19.1 Å². The fourth-order valence-electron chi connectivity index (χ4n) is 4.68. The van der Waals surface area contributed by atoms with Crippen molar-refractivity contribution >= 4 is 16.9 Å². The summed E-state index contributed by atoms with van der Waals surface area (Å²) in [5.74, 6) is -2.46. The fourth-order valence-corrected chi connectivity index (χ4v) is 4.68. The Balaban J connectivity index is 1.84. The van der Waals surface area contributed by atoms with Crippen LogP contribution in [0.3, 0.4) is 0 Å². The summed E-state index contributed by atoms with van der Waals surface area (Å²) in [7, 11) is 2.02. The number of hydrogen-bond acceptors (Lipinski definition) is 3. The molecule has 5 nitrogen and oxygen atoms in total. The van der Waals surface area contributed by atoms with Gasteiger partial charge in [-0.25, -0.2) is 13.6 Å². The van der Waals surface area contributed by atoms with E-state index >= 15 is 4.39 Å². The molecule has 0 fully saturated rings. The topological polar surface area (TPSA) is 62.5 Å². The number of halogens is 2. The smallest absolute Gasteiger partial charge is 0.341 e. The van der Waals surface area contributed by atoms with Crippen molar-refractivity contribution in [1.29, 1.82) is 0 Å². The van der Waals surface area contributed by atoms with Gasteiger partial charge in [-0.05, 0) is 72.6 Å². The molecule has 0 spiro atoms. The van der Waals surface area contributed by atoms with Crippen molar-refractivity contribution in [3.05, 3.63) is 98.8 Å². The molecule has 3 aromatic carbocycles. The Morgan fingerprint density at radius 1 is 1.00 bits per heavy atom. The van der Waals surface area contributed by atoms with Crippen LogP contribution in [0.1, 0.15) is 27.0 Å². The molecule has 0 bridgehead atoms. The van der Waals surface area contributed by atoms with E-state index in [0.29, 0.717) is 27.9 Å². The summed E-state index contributed by atoms with van der Waals surface area (Å²) >= 11 is 0. The normalized spacial score (nSPS) is 13.5. The number of hydrogen-bond donors (Lipinski definition) is 1. The number of aryl methyl sites for hydroxylation is 1. The van der Waals surface area contributed by atoms with Crippen LogP contribution < -0.4 is 5.43 Å². The average Bonchev–Trinajstić information content (AvgIpc) is 3.14. The molecule has 7 heteroatoms. The van der Waals surface area contributed by atoms with Crippen molar-refractivity contribution in [3.8, 4) is 16.8 Å². The van der Waals surface area contributed by atoms with Gasteiger partial charge in [-0.15, -0.1) is 0 Å². The molecule has 0 aliphatic carbocycles. The Kier molecular flexibility index (Phi) is 4.87. The number of carbonyl (C=O) groups is 1. The third-order valence-electron chi connectivity index (χ3n) is 6.19. The maximum Gasteiger partial charge on any atom is 0.341 e. The van der Waals surface area contributed by atoms with Gasteiger partial charge in [0.2, 0.25) is 5.43 Å². The number of rotatable bonds is 3. The number of benzene rings is 3. The highest BCUT2D eigenvalue weighted by Gasteiger charge is 2.23. The monoisotopic (exact) mass is 446 g/mol. The summed E-state index contributed by atoms with van der Waals surface area (Å²) < 4.78 is 30.5. The van der Waals surface area contributed by atoms with Crippen molar-refractivity contribution in [1.82, 2.24) is 9.47 Å². The first-order chi connectivity index (χ1) is 15.7. The maximum atomic E-state index is 15.4. The number of pyridine rings is 1. The Hall–Kier alpha value is -3.84. The minimum absolute atomic E-state index is 0.0427. The van der Waals surface area contributed by atoms with Crippen LogP contribution in [0.4, 0.5) is 8.78 Å². The number of nitrogens with zero attached hydrogens (tertiary/aromatic N) is 2. The van der Waals surface area contributed by atoms with Crippen LogP contribution in [-0.2, 0) is 13.1 Å². The highest BCUT2D eigenvalue weighted by Crippen LogP contribution is 2.35. The summed E-state index contributed by atoms with van der Waals surface area (Å²) in [6, 6.07) is 12.4. The average molecular weight is 446 g/mol. The number of aromatic nitrogens is 1. The molecule has 1 aliphatic heterocycles. The van der Waals surface area contributed by atoms with Gasteiger partial charge in [0.1, 0.15) is 17.2 Å². The van der Waals surface area contributed by atoms with Crippen molar-refractivity contribution in [2.75, 3.05) is 7.05 Å². The van der Waals surface area contributed by atoms with Gasteiger partial charge in [-0.2, -0.15) is 0 Å². The van der Waals surface area contributed by atoms with Gasteiger partial charge in [0.05, 0.1) is 10.9 Å². The Labute approximate surface area is 188 Å². The zero-order chi connectivity index (χ0) is 23.4. The third-order valence-corrected chi connectivity index (χ3v) is 6.19. The van der Waals surface area contributed by atoms with E-state index in [4.69, 9.17) is 0 Å².